The summed E-state index contributed by atoms with van der Waals surface area (Å²) >= 11 is 0. The number of benzene rings is 2. The first-order valence-corrected chi connectivity index (χ1v) is 7.92. The van der Waals surface area contributed by atoms with Gasteiger partial charge in [0, 0.05) is 5.69 Å². The highest BCUT2D eigenvalue weighted by molar-refractivity contribution is 5.50. The summed E-state index contributed by atoms with van der Waals surface area (Å²) in [6.45, 7) is 9.18. The number of anilines is 1. The van der Waals surface area contributed by atoms with E-state index in [2.05, 4.69) is 81.5 Å². The summed E-state index contributed by atoms with van der Waals surface area (Å²) in [5, 5.41) is 3.75. The first kappa shape index (κ1) is 14.2. The second kappa shape index (κ2) is 5.22. The molecule has 0 aliphatic heterocycles. The smallest absolute Gasteiger partial charge is 0.0570 e. The van der Waals surface area contributed by atoms with Crippen LogP contribution in [0.25, 0.3) is 0 Å². The molecule has 2 aromatic carbocycles. The van der Waals surface area contributed by atoms with Gasteiger partial charge in [0.2, 0.25) is 0 Å². The summed E-state index contributed by atoms with van der Waals surface area (Å²) in [6.07, 6.45) is 1.14. The largest absolute Gasteiger partial charge is 0.378 e. The molecule has 0 saturated heterocycles. The van der Waals surface area contributed by atoms with Gasteiger partial charge in [-0.15, -0.1) is 0 Å². The maximum atomic E-state index is 3.75. The molecule has 0 amide bonds. The van der Waals surface area contributed by atoms with Crippen LogP contribution in [0, 0.1) is 5.41 Å². The van der Waals surface area contributed by atoms with Crippen molar-refractivity contribution in [3.05, 3.63) is 65.2 Å². The zero-order valence-corrected chi connectivity index (χ0v) is 13.5. The summed E-state index contributed by atoms with van der Waals surface area (Å²) in [5.74, 6) is 0.586. The standard InChI is InChI=1S/C20H25N/c1-14(2)15-9-11-17(12-10-15)21-19-18-8-6-5-7-16(18)13-20(19,3)4/h5-12,14,19,21H,13H2,1-4H3. The van der Waals surface area contributed by atoms with E-state index in [0.29, 0.717) is 12.0 Å². The quantitative estimate of drug-likeness (QED) is 0.777. The van der Waals surface area contributed by atoms with Crippen LogP contribution >= 0.6 is 0 Å². The molecule has 1 atom stereocenters. The zero-order valence-electron chi connectivity index (χ0n) is 13.5. The fourth-order valence-corrected chi connectivity index (χ4v) is 3.39. The maximum absolute atomic E-state index is 3.75. The summed E-state index contributed by atoms with van der Waals surface area (Å²) in [6, 6.07) is 18.1. The lowest BCUT2D eigenvalue weighted by Gasteiger charge is -2.29. The van der Waals surface area contributed by atoms with Crippen LogP contribution in [-0.2, 0) is 6.42 Å². The summed E-state index contributed by atoms with van der Waals surface area (Å²) in [7, 11) is 0. The second-order valence-electron chi connectivity index (χ2n) is 7.22. The normalized spacial score (nSPS) is 19.6. The fraction of sp³-hybridized carbons (Fsp3) is 0.400. The molecule has 1 unspecified atom stereocenters. The van der Waals surface area contributed by atoms with E-state index in [1.807, 2.05) is 0 Å². The molecule has 0 bridgehead atoms. The van der Waals surface area contributed by atoms with Crippen molar-refractivity contribution in [3.63, 3.8) is 0 Å². The third kappa shape index (κ3) is 2.70. The number of rotatable bonds is 3. The highest BCUT2D eigenvalue weighted by Gasteiger charge is 2.38. The number of hydrogen-bond donors (Lipinski definition) is 1. The van der Waals surface area contributed by atoms with E-state index in [4.69, 9.17) is 0 Å². The molecular weight excluding hydrogens is 254 g/mol. The monoisotopic (exact) mass is 279 g/mol. The molecular formula is C20H25N. The molecule has 3 rings (SSSR count). The lowest BCUT2D eigenvalue weighted by atomic mass is 9.85. The van der Waals surface area contributed by atoms with Crippen molar-refractivity contribution < 1.29 is 0 Å². The van der Waals surface area contributed by atoms with Crippen molar-refractivity contribution in [2.45, 2.75) is 46.1 Å². The van der Waals surface area contributed by atoms with E-state index < -0.39 is 0 Å². The highest BCUT2D eigenvalue weighted by Crippen LogP contribution is 2.46. The Hall–Kier alpha value is -1.76. The molecule has 1 aliphatic rings. The van der Waals surface area contributed by atoms with Gasteiger partial charge >= 0.3 is 0 Å². The van der Waals surface area contributed by atoms with E-state index in [0.717, 1.165) is 6.42 Å². The average Bonchev–Trinajstić information content (AvgIpc) is 2.70. The van der Waals surface area contributed by atoms with Gasteiger partial charge in [-0.1, -0.05) is 64.1 Å². The summed E-state index contributed by atoms with van der Waals surface area (Å²) < 4.78 is 0. The molecule has 1 aliphatic carbocycles. The van der Waals surface area contributed by atoms with Crippen molar-refractivity contribution in [3.8, 4) is 0 Å². The third-order valence-corrected chi connectivity index (χ3v) is 4.68. The van der Waals surface area contributed by atoms with Crippen molar-refractivity contribution in [2.24, 2.45) is 5.41 Å². The van der Waals surface area contributed by atoms with Crippen LogP contribution in [0.4, 0.5) is 5.69 Å². The van der Waals surface area contributed by atoms with Crippen molar-refractivity contribution >= 4 is 5.69 Å². The Labute approximate surface area is 128 Å². The fourth-order valence-electron chi connectivity index (χ4n) is 3.39. The summed E-state index contributed by atoms with van der Waals surface area (Å²) in [4.78, 5) is 0. The Balaban J connectivity index is 1.86. The number of hydrogen-bond acceptors (Lipinski definition) is 1. The number of fused-ring (bicyclic) bond motifs is 1. The molecule has 2 aromatic rings. The number of nitrogens with one attached hydrogen (secondary N) is 1. The topological polar surface area (TPSA) is 12.0 Å². The average molecular weight is 279 g/mol. The Bertz CT molecular complexity index is 623. The molecule has 0 spiro atoms. The third-order valence-electron chi connectivity index (χ3n) is 4.68. The second-order valence-corrected chi connectivity index (χ2v) is 7.22. The van der Waals surface area contributed by atoms with Gasteiger partial charge in [0.1, 0.15) is 0 Å². The van der Waals surface area contributed by atoms with Gasteiger partial charge in [-0.05, 0) is 46.6 Å². The molecule has 0 heterocycles. The molecule has 1 N–H and O–H groups in total. The SMILES string of the molecule is CC(C)c1ccc(NC2c3ccccc3CC2(C)C)cc1. The first-order valence-electron chi connectivity index (χ1n) is 7.92. The maximum Gasteiger partial charge on any atom is 0.0570 e. The molecule has 0 aromatic heterocycles. The van der Waals surface area contributed by atoms with E-state index in [9.17, 15) is 0 Å². The van der Waals surface area contributed by atoms with Crippen LogP contribution in [0.15, 0.2) is 48.5 Å². The lowest BCUT2D eigenvalue weighted by molar-refractivity contribution is 0.337. The molecule has 1 heteroatoms. The van der Waals surface area contributed by atoms with Crippen LogP contribution in [0.2, 0.25) is 0 Å². The molecule has 1 nitrogen and oxygen atoms in total. The predicted octanol–water partition coefficient (Wildman–Crippen LogP) is 5.55. The van der Waals surface area contributed by atoms with E-state index in [1.54, 1.807) is 0 Å². The zero-order chi connectivity index (χ0) is 15.0. The van der Waals surface area contributed by atoms with E-state index >= 15 is 0 Å². The van der Waals surface area contributed by atoms with Crippen LogP contribution in [-0.4, -0.2) is 0 Å². The lowest BCUT2D eigenvalue weighted by Crippen LogP contribution is -2.24. The Morgan fingerprint density at radius 3 is 2.33 bits per heavy atom. The minimum Gasteiger partial charge on any atom is -0.378 e. The van der Waals surface area contributed by atoms with E-state index in [-0.39, 0.29) is 5.41 Å². The van der Waals surface area contributed by atoms with Crippen molar-refractivity contribution in [1.29, 1.82) is 0 Å². The Morgan fingerprint density at radius 2 is 1.67 bits per heavy atom. The molecule has 110 valence electrons. The van der Waals surface area contributed by atoms with Crippen LogP contribution in [0.5, 0.6) is 0 Å². The molecule has 0 radical (unpaired) electrons. The van der Waals surface area contributed by atoms with Gasteiger partial charge in [0.25, 0.3) is 0 Å². The van der Waals surface area contributed by atoms with Gasteiger partial charge < -0.3 is 5.32 Å². The van der Waals surface area contributed by atoms with Gasteiger partial charge in [-0.3, -0.25) is 0 Å². The Kier molecular flexibility index (Phi) is 3.52. The Morgan fingerprint density at radius 1 is 1.00 bits per heavy atom. The highest BCUT2D eigenvalue weighted by atomic mass is 14.9. The minimum atomic E-state index is 0.250. The van der Waals surface area contributed by atoms with Gasteiger partial charge in [0.05, 0.1) is 6.04 Å². The van der Waals surface area contributed by atoms with Gasteiger partial charge in [-0.25, -0.2) is 0 Å². The molecule has 0 fully saturated rings. The van der Waals surface area contributed by atoms with Crippen molar-refractivity contribution in [1.82, 2.24) is 0 Å². The van der Waals surface area contributed by atoms with Gasteiger partial charge in [-0.2, -0.15) is 0 Å². The minimum absolute atomic E-state index is 0.250. The van der Waals surface area contributed by atoms with Gasteiger partial charge in [0.15, 0.2) is 0 Å². The molecule has 21 heavy (non-hydrogen) atoms. The summed E-state index contributed by atoms with van der Waals surface area (Å²) in [5.41, 5.74) is 5.80. The molecule has 0 saturated carbocycles. The van der Waals surface area contributed by atoms with Crippen molar-refractivity contribution in [2.75, 3.05) is 5.32 Å². The predicted molar refractivity (Wildman–Crippen MR) is 90.8 cm³/mol. The van der Waals surface area contributed by atoms with Crippen LogP contribution in [0.3, 0.4) is 0 Å². The van der Waals surface area contributed by atoms with E-state index in [1.165, 1.54) is 22.4 Å². The van der Waals surface area contributed by atoms with Crippen LogP contribution < -0.4 is 5.32 Å². The van der Waals surface area contributed by atoms with Crippen LogP contribution in [0.1, 0.15) is 56.3 Å². The first-order chi connectivity index (χ1) is 9.97.